The van der Waals surface area contributed by atoms with Crippen LogP contribution in [0.2, 0.25) is 10.0 Å². The summed E-state index contributed by atoms with van der Waals surface area (Å²) in [7, 11) is 0. The monoisotopic (exact) mass is 415 g/mol. The van der Waals surface area contributed by atoms with Crippen molar-refractivity contribution in [1.29, 1.82) is 0 Å². The van der Waals surface area contributed by atoms with Gasteiger partial charge in [-0.15, -0.1) is 11.8 Å². The van der Waals surface area contributed by atoms with Crippen molar-refractivity contribution >= 4 is 46.8 Å². The minimum atomic E-state index is -0.0137. The summed E-state index contributed by atoms with van der Waals surface area (Å²) in [5.74, 6) is 0.866. The summed E-state index contributed by atoms with van der Waals surface area (Å²) in [5.41, 5.74) is 1.01. The minimum Gasteiger partial charge on any atom is -0.340 e. The normalized spacial score (nSPS) is 21.5. The van der Waals surface area contributed by atoms with Crippen molar-refractivity contribution in [3.63, 3.8) is 0 Å². The molecule has 2 heterocycles. The number of amides is 2. The Bertz CT molecular complexity index is 680. The quantitative estimate of drug-likeness (QED) is 0.740. The highest BCUT2D eigenvalue weighted by Crippen LogP contribution is 2.40. The van der Waals surface area contributed by atoms with Crippen LogP contribution in [-0.2, 0) is 9.59 Å². The van der Waals surface area contributed by atoms with Crippen molar-refractivity contribution < 1.29 is 9.59 Å². The number of nitrogens with zero attached hydrogens (tertiary/aromatic N) is 3. The second-order valence-corrected chi connectivity index (χ2v) is 8.38. The van der Waals surface area contributed by atoms with E-state index in [1.807, 2.05) is 28.9 Å². The Morgan fingerprint density at radius 2 is 1.88 bits per heavy atom. The van der Waals surface area contributed by atoms with E-state index in [0.717, 1.165) is 38.3 Å². The number of carbonyl (C=O) groups excluding carboxylic acids is 2. The molecule has 0 spiro atoms. The maximum atomic E-state index is 12.3. The van der Waals surface area contributed by atoms with Gasteiger partial charge >= 0.3 is 0 Å². The first-order chi connectivity index (χ1) is 12.5. The summed E-state index contributed by atoms with van der Waals surface area (Å²) in [6.45, 7) is 6.65. The number of carbonyl (C=O) groups is 2. The van der Waals surface area contributed by atoms with Crippen molar-refractivity contribution in [3.05, 3.63) is 33.8 Å². The molecule has 0 saturated carbocycles. The molecule has 0 N–H and O–H groups in total. The predicted octanol–water partition coefficient (Wildman–Crippen LogP) is 3.12. The van der Waals surface area contributed by atoms with Gasteiger partial charge in [-0.05, 0) is 17.7 Å². The van der Waals surface area contributed by atoms with Crippen LogP contribution in [0.25, 0.3) is 0 Å². The van der Waals surface area contributed by atoms with Gasteiger partial charge in [-0.1, -0.05) is 36.2 Å². The van der Waals surface area contributed by atoms with E-state index in [0.29, 0.717) is 28.8 Å². The van der Waals surface area contributed by atoms with Gasteiger partial charge in [-0.25, -0.2) is 0 Å². The van der Waals surface area contributed by atoms with E-state index >= 15 is 0 Å². The molecule has 2 aliphatic heterocycles. The van der Waals surface area contributed by atoms with Crippen LogP contribution in [0.4, 0.5) is 0 Å². The lowest BCUT2D eigenvalue weighted by molar-refractivity contribution is -0.132. The lowest BCUT2D eigenvalue weighted by Gasteiger charge is -2.36. The van der Waals surface area contributed by atoms with Gasteiger partial charge in [-0.3, -0.25) is 14.5 Å². The largest absolute Gasteiger partial charge is 0.340 e. The molecule has 0 bridgehead atoms. The molecule has 1 atom stereocenters. The number of hydrogen-bond donors (Lipinski definition) is 0. The number of piperazine rings is 1. The maximum Gasteiger partial charge on any atom is 0.233 e. The third-order valence-electron chi connectivity index (χ3n) is 4.88. The number of hydrogen-bond acceptors (Lipinski definition) is 4. The van der Waals surface area contributed by atoms with Gasteiger partial charge in [0.15, 0.2) is 0 Å². The van der Waals surface area contributed by atoms with Gasteiger partial charge < -0.3 is 9.80 Å². The third-order valence-corrected chi connectivity index (χ3v) is 6.88. The number of thioether (sulfide) groups is 1. The van der Waals surface area contributed by atoms with Crippen molar-refractivity contribution in [3.8, 4) is 0 Å². The Hall–Kier alpha value is -0.950. The lowest BCUT2D eigenvalue weighted by Crippen LogP contribution is -2.50. The minimum absolute atomic E-state index is 0.0137. The van der Waals surface area contributed by atoms with E-state index in [9.17, 15) is 9.59 Å². The van der Waals surface area contributed by atoms with Crippen molar-refractivity contribution in [2.24, 2.45) is 0 Å². The van der Waals surface area contributed by atoms with Crippen molar-refractivity contribution in [1.82, 2.24) is 14.7 Å². The highest BCUT2D eigenvalue weighted by Gasteiger charge is 2.33. The lowest BCUT2D eigenvalue weighted by atomic mass is 10.2. The molecule has 0 radical (unpaired) electrons. The van der Waals surface area contributed by atoms with Crippen molar-refractivity contribution in [2.75, 3.05) is 45.0 Å². The van der Waals surface area contributed by atoms with E-state index in [1.165, 1.54) is 0 Å². The summed E-state index contributed by atoms with van der Waals surface area (Å²) >= 11 is 13.8. The van der Waals surface area contributed by atoms with E-state index in [4.69, 9.17) is 23.2 Å². The summed E-state index contributed by atoms with van der Waals surface area (Å²) in [6, 6.07) is 5.57. The Balaban J connectivity index is 1.57. The third kappa shape index (κ3) is 4.47. The van der Waals surface area contributed by atoms with Crippen LogP contribution in [0.3, 0.4) is 0 Å². The smallest absolute Gasteiger partial charge is 0.233 e. The average molecular weight is 416 g/mol. The van der Waals surface area contributed by atoms with Gasteiger partial charge in [0.05, 0.1) is 15.8 Å². The standard InChI is InChI=1S/C18H23Cl2N3O2S/c1-2-16(24)22-8-5-21(6-9-22)7-10-23-17(25)12-26-18(23)13-3-4-14(19)15(20)11-13/h3-4,11,18H,2,5-10,12H2,1H3/t18-/m0/s1. The van der Waals surface area contributed by atoms with Crippen LogP contribution >= 0.6 is 35.0 Å². The Morgan fingerprint density at radius 1 is 1.15 bits per heavy atom. The van der Waals surface area contributed by atoms with Gasteiger partial charge in [0, 0.05) is 45.7 Å². The van der Waals surface area contributed by atoms with Crippen LogP contribution in [-0.4, -0.2) is 71.5 Å². The molecule has 26 heavy (non-hydrogen) atoms. The summed E-state index contributed by atoms with van der Waals surface area (Å²) in [5, 5.41) is 1.02. The fraction of sp³-hybridized carbons (Fsp3) is 0.556. The highest BCUT2D eigenvalue weighted by molar-refractivity contribution is 8.00. The molecule has 3 rings (SSSR count). The molecule has 2 aliphatic rings. The maximum absolute atomic E-state index is 12.3. The molecular weight excluding hydrogens is 393 g/mol. The molecule has 1 aromatic rings. The molecule has 0 aromatic heterocycles. The molecule has 0 unspecified atom stereocenters. The Kier molecular flexibility index (Phi) is 6.72. The number of halogens is 2. The fourth-order valence-electron chi connectivity index (χ4n) is 3.33. The molecule has 2 amide bonds. The second kappa shape index (κ2) is 8.83. The van der Waals surface area contributed by atoms with Crippen LogP contribution in [0, 0.1) is 0 Å². The SMILES string of the molecule is CCC(=O)N1CCN(CCN2C(=O)CS[C@H]2c2ccc(Cl)c(Cl)c2)CC1. The van der Waals surface area contributed by atoms with E-state index in [1.54, 1.807) is 17.8 Å². The first kappa shape index (κ1) is 19.8. The summed E-state index contributed by atoms with van der Waals surface area (Å²) in [4.78, 5) is 30.3. The second-order valence-electron chi connectivity index (χ2n) is 6.50. The van der Waals surface area contributed by atoms with Gasteiger partial charge in [0.1, 0.15) is 5.37 Å². The average Bonchev–Trinajstić information content (AvgIpc) is 3.02. The van der Waals surface area contributed by atoms with E-state index in [-0.39, 0.29) is 17.2 Å². The molecule has 0 aliphatic carbocycles. The van der Waals surface area contributed by atoms with Crippen LogP contribution in [0.5, 0.6) is 0 Å². The summed E-state index contributed by atoms with van der Waals surface area (Å²) < 4.78 is 0. The van der Waals surface area contributed by atoms with Crippen molar-refractivity contribution in [2.45, 2.75) is 18.7 Å². The topological polar surface area (TPSA) is 43.9 Å². The highest BCUT2D eigenvalue weighted by atomic mass is 35.5. The fourth-order valence-corrected chi connectivity index (χ4v) is 4.85. The molecule has 142 valence electrons. The zero-order valence-electron chi connectivity index (χ0n) is 14.8. The zero-order valence-corrected chi connectivity index (χ0v) is 17.1. The first-order valence-corrected chi connectivity index (χ1v) is 10.7. The van der Waals surface area contributed by atoms with Gasteiger partial charge in [0.25, 0.3) is 0 Å². The molecule has 1 aromatic carbocycles. The van der Waals surface area contributed by atoms with Crippen LogP contribution in [0.1, 0.15) is 24.3 Å². The Morgan fingerprint density at radius 3 is 2.54 bits per heavy atom. The van der Waals surface area contributed by atoms with Gasteiger partial charge in [0.2, 0.25) is 11.8 Å². The first-order valence-electron chi connectivity index (χ1n) is 8.85. The van der Waals surface area contributed by atoms with E-state index < -0.39 is 0 Å². The predicted molar refractivity (Wildman–Crippen MR) is 107 cm³/mol. The number of benzene rings is 1. The van der Waals surface area contributed by atoms with Crippen LogP contribution in [0.15, 0.2) is 18.2 Å². The Labute approximate surface area is 168 Å². The molecular formula is C18H23Cl2N3O2S. The summed E-state index contributed by atoms with van der Waals surface area (Å²) in [6.07, 6.45) is 0.560. The van der Waals surface area contributed by atoms with E-state index in [2.05, 4.69) is 4.90 Å². The molecule has 8 heteroatoms. The zero-order chi connectivity index (χ0) is 18.7. The van der Waals surface area contributed by atoms with Crippen LogP contribution < -0.4 is 0 Å². The molecule has 2 fully saturated rings. The number of rotatable bonds is 5. The van der Waals surface area contributed by atoms with Gasteiger partial charge in [-0.2, -0.15) is 0 Å². The molecule has 5 nitrogen and oxygen atoms in total. The molecule has 2 saturated heterocycles.